The first-order valence-electron chi connectivity index (χ1n) is 8.58. The third-order valence-electron chi connectivity index (χ3n) is 5.19. The summed E-state index contributed by atoms with van der Waals surface area (Å²) in [4.78, 5) is 0. The minimum Gasteiger partial charge on any atom is -0.0801 e. The van der Waals surface area contributed by atoms with Crippen LogP contribution in [0.25, 0.3) is 23.3 Å². The van der Waals surface area contributed by atoms with Crippen LogP contribution < -0.4 is 10.4 Å². The zero-order valence-electron chi connectivity index (χ0n) is 13.5. The quantitative estimate of drug-likeness (QED) is 0.640. The van der Waals surface area contributed by atoms with Crippen molar-refractivity contribution in [1.29, 1.82) is 0 Å². The van der Waals surface area contributed by atoms with Gasteiger partial charge in [0.1, 0.15) is 0 Å². The second-order valence-electron chi connectivity index (χ2n) is 6.50. The van der Waals surface area contributed by atoms with E-state index in [4.69, 9.17) is 0 Å². The summed E-state index contributed by atoms with van der Waals surface area (Å²) < 4.78 is 0. The van der Waals surface area contributed by atoms with Gasteiger partial charge in [-0.1, -0.05) is 85.0 Å². The summed E-state index contributed by atoms with van der Waals surface area (Å²) in [7, 11) is 0. The Morgan fingerprint density at radius 1 is 0.667 bits per heavy atom. The number of hydrogen-bond acceptors (Lipinski definition) is 0. The lowest BCUT2D eigenvalue weighted by Crippen LogP contribution is -2.19. The number of hydrogen-bond donors (Lipinski definition) is 0. The molecule has 0 bridgehead atoms. The first-order valence-corrected chi connectivity index (χ1v) is 8.58. The molecule has 0 N–H and O–H groups in total. The number of benzene rings is 3. The second-order valence-corrected chi connectivity index (χ2v) is 6.50. The maximum Gasteiger partial charge on any atom is -0.00788 e. The topological polar surface area (TPSA) is 0 Å². The van der Waals surface area contributed by atoms with Gasteiger partial charge in [0.2, 0.25) is 0 Å². The zero-order valence-corrected chi connectivity index (χ0v) is 13.5. The summed E-state index contributed by atoms with van der Waals surface area (Å²) >= 11 is 0. The molecule has 24 heavy (non-hydrogen) atoms. The van der Waals surface area contributed by atoms with Crippen LogP contribution in [0, 0.1) is 10.4 Å². The predicted molar refractivity (Wildman–Crippen MR) is 101 cm³/mol. The highest BCUT2D eigenvalue weighted by molar-refractivity contribution is 5.67. The monoisotopic (exact) mass is 306 g/mol. The maximum absolute atomic E-state index is 2.42. The van der Waals surface area contributed by atoms with Crippen molar-refractivity contribution in [2.75, 3.05) is 0 Å². The second kappa shape index (κ2) is 5.35. The third kappa shape index (κ3) is 2.00. The van der Waals surface area contributed by atoms with E-state index in [1.165, 1.54) is 43.1 Å². The summed E-state index contributed by atoms with van der Waals surface area (Å²) in [5.74, 6) is 0. The molecule has 3 aromatic carbocycles. The smallest absolute Gasteiger partial charge is 0.00788 e. The van der Waals surface area contributed by atoms with Crippen molar-refractivity contribution >= 4 is 12.2 Å². The number of allylic oxidation sites excluding steroid dienone is 2. The molecule has 114 valence electrons. The van der Waals surface area contributed by atoms with E-state index in [0.29, 0.717) is 0 Å². The molecule has 2 aliphatic carbocycles. The first-order chi connectivity index (χ1) is 11.9. The zero-order chi connectivity index (χ0) is 15.9. The molecule has 0 unspecified atom stereocenters. The standard InChI is InChI=1S/C24H18/c1-2-7-17(8-3-1)20-11-6-12-21-22(20)15-16-23-19-10-5-4-9-18(19)13-14-24(21)23/h1-9,11-15H,10,16H2. The van der Waals surface area contributed by atoms with Crippen LogP contribution in [0.15, 0.2) is 72.8 Å². The van der Waals surface area contributed by atoms with Crippen molar-refractivity contribution < 1.29 is 0 Å². The summed E-state index contributed by atoms with van der Waals surface area (Å²) in [6, 6.07) is 22.0. The van der Waals surface area contributed by atoms with E-state index in [9.17, 15) is 0 Å². The molecule has 0 fully saturated rings. The SMILES string of the molecule is C1=CCc2c3c(ccc2=C1)=c1cccc(-c2ccccc2)c1=CC3. The van der Waals surface area contributed by atoms with Crippen molar-refractivity contribution in [1.82, 2.24) is 0 Å². The van der Waals surface area contributed by atoms with Crippen molar-refractivity contribution in [3.63, 3.8) is 0 Å². The van der Waals surface area contributed by atoms with Gasteiger partial charge < -0.3 is 0 Å². The Labute approximate surface area is 141 Å². The number of fused-ring (bicyclic) bond motifs is 4. The molecule has 0 nitrogen and oxygen atoms in total. The molecule has 0 saturated heterocycles. The van der Waals surface area contributed by atoms with E-state index in [1.807, 2.05) is 0 Å². The summed E-state index contributed by atoms with van der Waals surface area (Å²) in [6.45, 7) is 0. The van der Waals surface area contributed by atoms with Gasteiger partial charge in [-0.15, -0.1) is 0 Å². The van der Waals surface area contributed by atoms with E-state index in [1.54, 1.807) is 0 Å². The largest absolute Gasteiger partial charge is 0.0801 e. The molecular weight excluding hydrogens is 288 g/mol. The molecule has 0 spiro atoms. The van der Waals surface area contributed by atoms with Crippen molar-refractivity contribution in [3.05, 3.63) is 105 Å². The van der Waals surface area contributed by atoms with Gasteiger partial charge in [-0.05, 0) is 56.0 Å². The molecule has 3 aromatic rings. The van der Waals surface area contributed by atoms with Crippen LogP contribution in [0.2, 0.25) is 0 Å². The van der Waals surface area contributed by atoms with Crippen LogP contribution in [0.5, 0.6) is 0 Å². The average molecular weight is 306 g/mol. The third-order valence-corrected chi connectivity index (χ3v) is 5.19. The maximum atomic E-state index is 2.42. The lowest BCUT2D eigenvalue weighted by Gasteiger charge is -2.15. The molecule has 0 atom stereocenters. The Hall–Kier alpha value is -2.86. The Morgan fingerprint density at radius 3 is 2.50 bits per heavy atom. The molecule has 0 radical (unpaired) electrons. The van der Waals surface area contributed by atoms with Gasteiger partial charge in [0.15, 0.2) is 0 Å². The fourth-order valence-corrected chi connectivity index (χ4v) is 4.04. The summed E-state index contributed by atoms with van der Waals surface area (Å²) in [5.41, 5.74) is 5.64. The first kappa shape index (κ1) is 13.6. The fourth-order valence-electron chi connectivity index (χ4n) is 4.04. The van der Waals surface area contributed by atoms with Gasteiger partial charge in [-0.2, -0.15) is 0 Å². The highest BCUT2D eigenvalue weighted by Crippen LogP contribution is 2.19. The highest BCUT2D eigenvalue weighted by Gasteiger charge is 2.11. The molecule has 0 amide bonds. The van der Waals surface area contributed by atoms with E-state index in [-0.39, 0.29) is 0 Å². The van der Waals surface area contributed by atoms with Crippen LogP contribution in [0.4, 0.5) is 0 Å². The van der Waals surface area contributed by atoms with Crippen molar-refractivity contribution in [3.8, 4) is 11.1 Å². The molecule has 5 rings (SSSR count). The molecule has 0 aliphatic heterocycles. The van der Waals surface area contributed by atoms with E-state index in [2.05, 4.69) is 85.0 Å². The van der Waals surface area contributed by atoms with Crippen molar-refractivity contribution in [2.45, 2.75) is 12.8 Å². The van der Waals surface area contributed by atoms with E-state index < -0.39 is 0 Å². The van der Waals surface area contributed by atoms with Crippen LogP contribution in [-0.4, -0.2) is 0 Å². The minimum absolute atomic E-state index is 1.02. The van der Waals surface area contributed by atoms with Crippen LogP contribution in [0.3, 0.4) is 0 Å². The van der Waals surface area contributed by atoms with Gasteiger partial charge in [-0.3, -0.25) is 0 Å². The van der Waals surface area contributed by atoms with Crippen molar-refractivity contribution in [2.24, 2.45) is 0 Å². The lowest BCUT2D eigenvalue weighted by molar-refractivity contribution is 1.10. The molecule has 0 saturated carbocycles. The van der Waals surface area contributed by atoms with Crippen LogP contribution in [0.1, 0.15) is 11.1 Å². The number of rotatable bonds is 1. The lowest BCUT2D eigenvalue weighted by atomic mass is 9.89. The van der Waals surface area contributed by atoms with Gasteiger partial charge in [0, 0.05) is 0 Å². The Balaban J connectivity index is 1.91. The molecule has 0 heteroatoms. The van der Waals surface area contributed by atoms with Gasteiger partial charge >= 0.3 is 0 Å². The molecule has 0 aromatic heterocycles. The normalized spacial score (nSPS) is 14.0. The van der Waals surface area contributed by atoms with Gasteiger partial charge in [-0.25, -0.2) is 0 Å². The molecular formula is C24H18. The molecule has 2 aliphatic rings. The van der Waals surface area contributed by atoms with Gasteiger partial charge in [0.25, 0.3) is 0 Å². The van der Waals surface area contributed by atoms with Crippen LogP contribution >= 0.6 is 0 Å². The van der Waals surface area contributed by atoms with E-state index >= 15 is 0 Å². The Morgan fingerprint density at radius 2 is 1.58 bits per heavy atom. The minimum atomic E-state index is 1.02. The fraction of sp³-hybridized carbons (Fsp3) is 0.0833. The predicted octanol–water partition coefficient (Wildman–Crippen LogP) is 3.87. The van der Waals surface area contributed by atoms with Gasteiger partial charge in [0.05, 0.1) is 0 Å². The highest BCUT2D eigenvalue weighted by atomic mass is 14.1. The Bertz CT molecular complexity index is 1180. The average Bonchev–Trinajstić information content (AvgIpc) is 2.67. The summed E-state index contributed by atoms with van der Waals surface area (Å²) in [5, 5.41) is 5.54. The Kier molecular flexibility index (Phi) is 3.02. The van der Waals surface area contributed by atoms with Crippen LogP contribution in [-0.2, 0) is 12.8 Å². The molecule has 0 heterocycles. The van der Waals surface area contributed by atoms with E-state index in [0.717, 1.165) is 12.8 Å². The summed E-state index contributed by atoms with van der Waals surface area (Å²) in [6.07, 6.45) is 11.2.